The maximum absolute atomic E-state index is 15.9. The molecular formula is C38H38ClF2N3O8. The molecule has 0 aliphatic carbocycles. The fourth-order valence-corrected chi connectivity index (χ4v) is 6.07. The molecule has 4 bridgehead atoms. The number of nitrogens with zero attached hydrogens (tertiary/aromatic N) is 1. The van der Waals surface area contributed by atoms with Crippen LogP contribution in [0.1, 0.15) is 39.0 Å². The van der Waals surface area contributed by atoms with E-state index in [1.54, 1.807) is 36.4 Å². The summed E-state index contributed by atoms with van der Waals surface area (Å²) in [5, 5.41) is 6.42. The molecule has 0 unspecified atom stereocenters. The zero-order chi connectivity index (χ0) is 36.6. The zero-order valence-corrected chi connectivity index (χ0v) is 29.4. The number of esters is 1. The van der Waals surface area contributed by atoms with Crippen LogP contribution in [0.25, 0.3) is 11.3 Å². The van der Waals surface area contributed by atoms with Crippen molar-refractivity contribution in [3.05, 3.63) is 99.1 Å². The van der Waals surface area contributed by atoms with Gasteiger partial charge in [0.05, 0.1) is 56.4 Å². The van der Waals surface area contributed by atoms with Crippen molar-refractivity contribution in [3.63, 3.8) is 0 Å². The first-order valence-electron chi connectivity index (χ1n) is 16.7. The van der Waals surface area contributed by atoms with Gasteiger partial charge in [-0.25, -0.2) is 18.6 Å². The molecule has 274 valence electrons. The number of rotatable bonds is 11. The number of carbonyl (C=O) groups is 2. The lowest BCUT2D eigenvalue weighted by Crippen LogP contribution is -2.33. The summed E-state index contributed by atoms with van der Waals surface area (Å²) in [6, 6.07) is 13.7. The van der Waals surface area contributed by atoms with Crippen LogP contribution in [-0.2, 0) is 49.8 Å². The maximum Gasteiger partial charge on any atom is 0.338 e. The molecule has 3 aromatic carbocycles. The highest BCUT2D eigenvalue weighted by atomic mass is 35.5. The van der Waals surface area contributed by atoms with E-state index in [4.69, 9.17) is 40.0 Å². The van der Waals surface area contributed by atoms with Crippen molar-refractivity contribution in [1.82, 2.24) is 4.98 Å². The number of benzene rings is 3. The minimum absolute atomic E-state index is 0.0257. The van der Waals surface area contributed by atoms with E-state index >= 15 is 4.39 Å². The summed E-state index contributed by atoms with van der Waals surface area (Å²) in [5.74, 6) is -1.81. The molecule has 2 aliphatic rings. The molecule has 0 spiro atoms. The molecule has 1 fully saturated rings. The van der Waals surface area contributed by atoms with Crippen LogP contribution in [0.2, 0.25) is 5.02 Å². The standard InChI is InChI=1S/C38H38ClF2N3O8/c1-47-10-11-51-34-16-24(38(46)48-2)15-33(42-19-27-7-9-50-27)37(34)44-35(45)17-23-14-30(40)28-13-25(23)20-49-8-6-22-12-26(39)18-31(41)29(22)21-52-36-5-3-4-32(28)43-36/h3-5,12-16,18,27,42H,6-11,17,19-21H2,1-2H3,(H,44,45)/t27-/m0/s1. The molecule has 11 nitrogen and oxygen atoms in total. The van der Waals surface area contributed by atoms with Crippen molar-refractivity contribution < 1.29 is 46.8 Å². The van der Waals surface area contributed by atoms with E-state index in [0.29, 0.717) is 47.5 Å². The van der Waals surface area contributed by atoms with Gasteiger partial charge in [0.15, 0.2) is 0 Å². The lowest BCUT2D eigenvalue weighted by Gasteiger charge is -2.28. The Morgan fingerprint density at radius 3 is 2.62 bits per heavy atom. The highest BCUT2D eigenvalue weighted by Gasteiger charge is 2.24. The molecule has 1 atom stereocenters. The van der Waals surface area contributed by atoms with Crippen molar-refractivity contribution in [1.29, 1.82) is 0 Å². The van der Waals surface area contributed by atoms with E-state index in [0.717, 1.165) is 6.42 Å². The third-order valence-electron chi connectivity index (χ3n) is 8.68. The normalized spacial score (nSPS) is 15.3. The number of halogens is 3. The molecule has 14 heteroatoms. The minimum Gasteiger partial charge on any atom is -0.489 e. The number of amides is 1. The van der Waals surface area contributed by atoms with Crippen molar-refractivity contribution in [2.75, 3.05) is 57.8 Å². The predicted octanol–water partition coefficient (Wildman–Crippen LogP) is 6.53. The van der Waals surface area contributed by atoms with E-state index in [9.17, 15) is 14.0 Å². The molecule has 4 aromatic rings. The topological polar surface area (TPSA) is 126 Å². The van der Waals surface area contributed by atoms with Gasteiger partial charge >= 0.3 is 5.97 Å². The number of nitrogens with one attached hydrogen (secondary N) is 2. The number of hydrogen-bond acceptors (Lipinski definition) is 10. The molecule has 6 rings (SSSR count). The van der Waals surface area contributed by atoms with Gasteiger partial charge in [0.25, 0.3) is 0 Å². The number of fused-ring (bicyclic) bond motifs is 6. The SMILES string of the molecule is COCCOc1cc(C(=O)OC)cc(NC[C@@H]2CCO2)c1NC(=O)Cc1cc(F)c2cc1COCCc1cc(Cl)cc(F)c1COc1cccc-2n1. The second-order valence-corrected chi connectivity index (χ2v) is 12.6. The summed E-state index contributed by atoms with van der Waals surface area (Å²) in [6.07, 6.45) is 0.909. The van der Waals surface area contributed by atoms with Gasteiger partial charge in [-0.05, 0) is 72.0 Å². The molecule has 0 radical (unpaired) electrons. The summed E-state index contributed by atoms with van der Waals surface area (Å²) in [6.45, 7) is 1.56. The van der Waals surface area contributed by atoms with Crippen LogP contribution in [0.5, 0.6) is 11.6 Å². The van der Waals surface area contributed by atoms with E-state index in [-0.39, 0.29) is 84.7 Å². The van der Waals surface area contributed by atoms with E-state index in [2.05, 4.69) is 15.6 Å². The molecular weight excluding hydrogens is 700 g/mol. The molecule has 2 N–H and O–H groups in total. The smallest absolute Gasteiger partial charge is 0.338 e. The van der Waals surface area contributed by atoms with Gasteiger partial charge in [0.2, 0.25) is 11.8 Å². The Morgan fingerprint density at radius 2 is 1.85 bits per heavy atom. The Kier molecular flexibility index (Phi) is 12.2. The van der Waals surface area contributed by atoms with E-state index in [1.807, 2.05) is 0 Å². The van der Waals surface area contributed by atoms with Crippen LogP contribution in [0.15, 0.2) is 54.6 Å². The van der Waals surface area contributed by atoms with Gasteiger partial charge in [0.1, 0.15) is 36.3 Å². The highest BCUT2D eigenvalue weighted by Crippen LogP contribution is 2.36. The van der Waals surface area contributed by atoms with Crippen LogP contribution in [-0.4, -0.2) is 70.2 Å². The summed E-state index contributed by atoms with van der Waals surface area (Å²) in [4.78, 5) is 30.8. The van der Waals surface area contributed by atoms with Crippen LogP contribution in [0.4, 0.5) is 20.2 Å². The number of hydrogen-bond donors (Lipinski definition) is 2. The van der Waals surface area contributed by atoms with Gasteiger partial charge < -0.3 is 39.1 Å². The predicted molar refractivity (Wildman–Crippen MR) is 189 cm³/mol. The van der Waals surface area contributed by atoms with E-state index in [1.165, 1.54) is 32.4 Å². The average Bonchev–Trinajstić information content (AvgIpc) is 3.10. The molecule has 2 aliphatic heterocycles. The van der Waals surface area contributed by atoms with Gasteiger partial charge in [-0.15, -0.1) is 0 Å². The average molecular weight is 738 g/mol. The second-order valence-electron chi connectivity index (χ2n) is 12.2. The first-order chi connectivity index (χ1) is 25.2. The number of methoxy groups -OCH3 is 2. The summed E-state index contributed by atoms with van der Waals surface area (Å²) >= 11 is 6.17. The molecule has 3 heterocycles. The Labute approximate surface area is 304 Å². The van der Waals surface area contributed by atoms with Crippen LogP contribution in [0, 0.1) is 11.6 Å². The van der Waals surface area contributed by atoms with Crippen LogP contribution >= 0.6 is 11.6 Å². The van der Waals surface area contributed by atoms with Gasteiger partial charge in [0, 0.05) is 42.5 Å². The lowest BCUT2D eigenvalue weighted by molar-refractivity contribution is -0.115. The summed E-state index contributed by atoms with van der Waals surface area (Å²) in [5.41, 5.74) is 3.23. The van der Waals surface area contributed by atoms with E-state index < -0.39 is 23.5 Å². The molecule has 1 saturated heterocycles. The summed E-state index contributed by atoms with van der Waals surface area (Å²) in [7, 11) is 2.80. The van der Waals surface area contributed by atoms with Crippen LogP contribution < -0.4 is 20.1 Å². The lowest BCUT2D eigenvalue weighted by atomic mass is 9.98. The monoisotopic (exact) mass is 737 g/mol. The third-order valence-corrected chi connectivity index (χ3v) is 8.89. The minimum atomic E-state index is -0.608. The molecule has 52 heavy (non-hydrogen) atoms. The van der Waals surface area contributed by atoms with Crippen molar-refractivity contribution in [3.8, 4) is 22.9 Å². The van der Waals surface area contributed by atoms with Crippen molar-refractivity contribution in [2.45, 2.75) is 38.6 Å². The Balaban J connectivity index is 1.31. The number of ether oxygens (including phenoxy) is 6. The second kappa shape index (κ2) is 17.1. The molecule has 1 aromatic heterocycles. The Bertz CT molecular complexity index is 1940. The van der Waals surface area contributed by atoms with Crippen molar-refractivity contribution in [2.24, 2.45) is 0 Å². The summed E-state index contributed by atoms with van der Waals surface area (Å²) < 4.78 is 64.3. The number of anilines is 2. The largest absolute Gasteiger partial charge is 0.489 e. The maximum atomic E-state index is 15.9. The third kappa shape index (κ3) is 8.96. The molecule has 1 amide bonds. The number of aromatic nitrogens is 1. The van der Waals surface area contributed by atoms with Crippen LogP contribution in [0.3, 0.4) is 0 Å². The Hall–Kier alpha value is -4.82. The Morgan fingerprint density at radius 1 is 1.00 bits per heavy atom. The number of pyridine rings is 1. The fourth-order valence-electron chi connectivity index (χ4n) is 5.85. The quantitative estimate of drug-likeness (QED) is 0.130. The van der Waals surface area contributed by atoms with Gasteiger partial charge in [-0.3, -0.25) is 4.79 Å². The molecule has 0 saturated carbocycles. The zero-order valence-electron chi connectivity index (χ0n) is 28.7. The van der Waals surface area contributed by atoms with Crippen molar-refractivity contribution >= 4 is 34.9 Å². The van der Waals surface area contributed by atoms with Gasteiger partial charge in [-0.1, -0.05) is 17.7 Å². The highest BCUT2D eigenvalue weighted by molar-refractivity contribution is 6.30. The fraction of sp³-hybridized carbons (Fsp3) is 0.342. The first-order valence-corrected chi connectivity index (χ1v) is 17.1. The van der Waals surface area contributed by atoms with Gasteiger partial charge in [-0.2, -0.15) is 0 Å². The first kappa shape index (κ1) is 37.0. The number of carbonyl (C=O) groups excluding carboxylic acids is 2.